The summed E-state index contributed by atoms with van der Waals surface area (Å²) in [7, 11) is -3.60. The Hall–Kier alpha value is -2.38. The molecule has 2 aliphatic rings. The topological polar surface area (TPSA) is 75.7 Å². The third-order valence-corrected chi connectivity index (χ3v) is 7.26. The maximum absolute atomic E-state index is 13.4. The van der Waals surface area contributed by atoms with Crippen molar-refractivity contribution in [3.05, 3.63) is 59.2 Å². The zero-order valence-electron chi connectivity index (χ0n) is 17.4. The van der Waals surface area contributed by atoms with Gasteiger partial charge < -0.3 is 9.64 Å². The van der Waals surface area contributed by atoms with Crippen molar-refractivity contribution in [3.8, 4) is 5.75 Å². The van der Waals surface area contributed by atoms with Gasteiger partial charge in [-0.1, -0.05) is 18.2 Å². The summed E-state index contributed by atoms with van der Waals surface area (Å²) >= 11 is 0. The van der Waals surface area contributed by atoms with E-state index in [9.17, 15) is 13.2 Å². The highest BCUT2D eigenvalue weighted by Gasteiger charge is 2.33. The monoisotopic (exact) mass is 428 g/mol. The van der Waals surface area contributed by atoms with Crippen LogP contribution in [0.4, 0.5) is 0 Å². The minimum absolute atomic E-state index is 0.0163. The molecule has 2 aromatic rings. The normalized spacial score (nSPS) is 19.1. The van der Waals surface area contributed by atoms with Crippen molar-refractivity contribution in [3.63, 3.8) is 0 Å². The van der Waals surface area contributed by atoms with Gasteiger partial charge in [-0.2, -0.15) is 0 Å². The second kappa shape index (κ2) is 8.40. The van der Waals surface area contributed by atoms with Crippen molar-refractivity contribution in [2.75, 3.05) is 13.2 Å². The number of hydrogen-bond acceptors (Lipinski definition) is 4. The average Bonchev–Trinajstić information content (AvgIpc) is 3.39. The number of nitrogens with one attached hydrogen (secondary N) is 1. The molecule has 0 radical (unpaired) electrons. The van der Waals surface area contributed by atoms with Crippen LogP contribution in [0.2, 0.25) is 0 Å². The largest absolute Gasteiger partial charge is 0.494 e. The van der Waals surface area contributed by atoms with Crippen LogP contribution in [0.3, 0.4) is 0 Å². The van der Waals surface area contributed by atoms with E-state index in [1.807, 2.05) is 43.0 Å². The smallest absolute Gasteiger partial charge is 0.254 e. The summed E-state index contributed by atoms with van der Waals surface area (Å²) in [6.07, 6.45) is 3.55. The lowest BCUT2D eigenvalue weighted by Crippen LogP contribution is -2.31. The van der Waals surface area contributed by atoms with Gasteiger partial charge in [-0.3, -0.25) is 4.79 Å². The number of likely N-dealkylation sites (tertiary alicyclic amines) is 1. The Morgan fingerprint density at radius 2 is 1.87 bits per heavy atom. The van der Waals surface area contributed by atoms with Gasteiger partial charge in [-0.25, -0.2) is 13.1 Å². The van der Waals surface area contributed by atoms with Crippen LogP contribution in [0.1, 0.15) is 60.1 Å². The molecule has 6 nitrogen and oxygen atoms in total. The zero-order valence-corrected chi connectivity index (χ0v) is 18.2. The van der Waals surface area contributed by atoms with Gasteiger partial charge >= 0.3 is 0 Å². The lowest BCUT2D eigenvalue weighted by molar-refractivity contribution is 0.0734. The molecule has 1 amide bonds. The lowest BCUT2D eigenvalue weighted by Gasteiger charge is -2.26. The van der Waals surface area contributed by atoms with Crippen LogP contribution in [0.25, 0.3) is 0 Å². The molecule has 1 unspecified atom stereocenters. The molecule has 160 valence electrons. The molecule has 0 bridgehead atoms. The van der Waals surface area contributed by atoms with E-state index in [0.29, 0.717) is 18.7 Å². The van der Waals surface area contributed by atoms with E-state index in [4.69, 9.17) is 4.74 Å². The maximum Gasteiger partial charge on any atom is 0.254 e. The number of sulfonamides is 1. The third-order valence-electron chi connectivity index (χ3n) is 5.74. The van der Waals surface area contributed by atoms with Gasteiger partial charge in [0.15, 0.2) is 0 Å². The van der Waals surface area contributed by atoms with Crippen LogP contribution in [0, 0.1) is 6.92 Å². The highest BCUT2D eigenvalue weighted by Crippen LogP contribution is 2.34. The van der Waals surface area contributed by atoms with E-state index in [-0.39, 0.29) is 22.9 Å². The SMILES string of the molecule is CCOc1ccc(C2CCCN2C(=O)c2cc(S(=O)(=O)NC3CC3)ccc2C)cc1. The van der Waals surface area contributed by atoms with Gasteiger partial charge in [-0.05, 0) is 74.9 Å². The summed E-state index contributed by atoms with van der Waals surface area (Å²) in [6, 6.07) is 12.7. The first-order chi connectivity index (χ1) is 14.4. The molecule has 0 spiro atoms. The number of nitrogens with zero attached hydrogens (tertiary/aromatic N) is 1. The Morgan fingerprint density at radius 3 is 2.53 bits per heavy atom. The number of hydrogen-bond donors (Lipinski definition) is 1. The minimum atomic E-state index is -3.60. The molecule has 1 saturated carbocycles. The van der Waals surface area contributed by atoms with E-state index in [0.717, 1.165) is 42.6 Å². The standard InChI is InChI=1S/C23H28N2O4S/c1-3-29-19-11-7-17(8-12-19)22-5-4-14-25(22)23(26)21-15-20(13-6-16(21)2)30(27,28)24-18-9-10-18/h6-8,11-13,15,18,22,24H,3-5,9-10,14H2,1-2H3. The zero-order chi connectivity index (χ0) is 21.3. The molecule has 0 aromatic heterocycles. The first kappa shape index (κ1) is 20.9. The van der Waals surface area contributed by atoms with Crippen molar-refractivity contribution in [2.24, 2.45) is 0 Å². The molecule has 1 atom stereocenters. The van der Waals surface area contributed by atoms with Gasteiger partial charge in [0.1, 0.15) is 5.75 Å². The molecule has 1 saturated heterocycles. The first-order valence-electron chi connectivity index (χ1n) is 10.6. The Balaban J connectivity index is 1.59. The quantitative estimate of drug-likeness (QED) is 0.728. The summed E-state index contributed by atoms with van der Waals surface area (Å²) in [4.78, 5) is 15.4. The molecule has 7 heteroatoms. The van der Waals surface area contributed by atoms with E-state index in [1.54, 1.807) is 12.1 Å². The fraction of sp³-hybridized carbons (Fsp3) is 0.435. The molecule has 1 aliphatic carbocycles. The second-order valence-corrected chi connectivity index (χ2v) is 9.74. The lowest BCUT2D eigenvalue weighted by atomic mass is 10.0. The molecule has 2 fully saturated rings. The van der Waals surface area contributed by atoms with Crippen LogP contribution in [0.5, 0.6) is 5.75 Å². The summed E-state index contributed by atoms with van der Waals surface area (Å²) < 4.78 is 33.4. The molecular weight excluding hydrogens is 400 g/mol. The van der Waals surface area contributed by atoms with Crippen LogP contribution >= 0.6 is 0 Å². The van der Waals surface area contributed by atoms with Crippen LogP contribution in [-0.2, 0) is 10.0 Å². The number of benzene rings is 2. The minimum Gasteiger partial charge on any atom is -0.494 e. The molecule has 4 rings (SSSR count). The fourth-order valence-electron chi connectivity index (χ4n) is 3.95. The summed E-state index contributed by atoms with van der Waals surface area (Å²) in [5.41, 5.74) is 2.30. The summed E-state index contributed by atoms with van der Waals surface area (Å²) in [5, 5.41) is 0. The number of amides is 1. The number of carbonyl (C=O) groups excluding carboxylic acids is 1. The number of ether oxygens (including phenoxy) is 1. The highest BCUT2D eigenvalue weighted by molar-refractivity contribution is 7.89. The molecule has 1 heterocycles. The summed E-state index contributed by atoms with van der Waals surface area (Å²) in [5.74, 6) is 0.696. The highest BCUT2D eigenvalue weighted by atomic mass is 32.2. The summed E-state index contributed by atoms with van der Waals surface area (Å²) in [6.45, 7) is 5.07. The Labute approximate surface area is 178 Å². The number of aryl methyl sites for hydroxylation is 1. The Kier molecular flexibility index (Phi) is 5.84. The van der Waals surface area contributed by atoms with E-state index >= 15 is 0 Å². The molecule has 2 aromatic carbocycles. The predicted molar refractivity (Wildman–Crippen MR) is 115 cm³/mol. The van der Waals surface area contributed by atoms with Gasteiger partial charge in [0.25, 0.3) is 5.91 Å². The second-order valence-electron chi connectivity index (χ2n) is 8.03. The Morgan fingerprint density at radius 1 is 1.13 bits per heavy atom. The number of rotatable bonds is 7. The van der Waals surface area contributed by atoms with E-state index in [1.165, 1.54) is 6.07 Å². The van der Waals surface area contributed by atoms with Crippen LogP contribution in [0.15, 0.2) is 47.4 Å². The fourth-order valence-corrected chi connectivity index (χ4v) is 5.28. The van der Waals surface area contributed by atoms with Gasteiger partial charge in [-0.15, -0.1) is 0 Å². The van der Waals surface area contributed by atoms with Crippen molar-refractivity contribution in [2.45, 2.75) is 56.5 Å². The molecule has 30 heavy (non-hydrogen) atoms. The predicted octanol–water partition coefficient (Wildman–Crippen LogP) is 3.81. The number of carbonyl (C=O) groups is 1. The third kappa shape index (κ3) is 4.37. The van der Waals surface area contributed by atoms with Gasteiger partial charge in [0.2, 0.25) is 10.0 Å². The first-order valence-corrected chi connectivity index (χ1v) is 12.0. The Bertz CT molecular complexity index is 1030. The molecule has 1 aliphatic heterocycles. The van der Waals surface area contributed by atoms with Crippen molar-refractivity contribution >= 4 is 15.9 Å². The van der Waals surface area contributed by atoms with Crippen LogP contribution in [-0.4, -0.2) is 38.4 Å². The van der Waals surface area contributed by atoms with Gasteiger partial charge in [0, 0.05) is 18.2 Å². The van der Waals surface area contributed by atoms with Crippen molar-refractivity contribution < 1.29 is 17.9 Å². The van der Waals surface area contributed by atoms with E-state index in [2.05, 4.69) is 4.72 Å². The van der Waals surface area contributed by atoms with Gasteiger partial charge in [0.05, 0.1) is 17.5 Å². The van der Waals surface area contributed by atoms with Crippen LogP contribution < -0.4 is 9.46 Å². The molecule has 1 N–H and O–H groups in total. The van der Waals surface area contributed by atoms with Crippen molar-refractivity contribution in [1.82, 2.24) is 9.62 Å². The van der Waals surface area contributed by atoms with E-state index < -0.39 is 10.0 Å². The van der Waals surface area contributed by atoms with Crippen molar-refractivity contribution in [1.29, 1.82) is 0 Å². The average molecular weight is 429 g/mol. The maximum atomic E-state index is 13.4. The molecular formula is C23H28N2O4S.